The van der Waals surface area contributed by atoms with Gasteiger partial charge in [-0.1, -0.05) is 19.0 Å². The zero-order valence-electron chi connectivity index (χ0n) is 9.60. The Labute approximate surface area is 95.8 Å². The van der Waals surface area contributed by atoms with Gasteiger partial charge in [-0.05, 0) is 30.6 Å². The summed E-state index contributed by atoms with van der Waals surface area (Å²) >= 11 is 0. The van der Waals surface area contributed by atoms with Crippen LogP contribution in [0.3, 0.4) is 0 Å². The second-order valence-electron chi connectivity index (χ2n) is 5.60. The Bertz CT molecular complexity index is 441. The summed E-state index contributed by atoms with van der Waals surface area (Å²) in [5.41, 5.74) is -0.0937. The predicted molar refractivity (Wildman–Crippen MR) is 60.8 cm³/mol. The highest BCUT2D eigenvalue weighted by molar-refractivity contribution is 7.89. The van der Waals surface area contributed by atoms with Crippen molar-refractivity contribution in [3.05, 3.63) is 0 Å². The van der Waals surface area contributed by atoms with E-state index in [2.05, 4.69) is 5.16 Å². The molecule has 0 radical (unpaired) electrons. The lowest BCUT2D eigenvalue weighted by atomic mass is 9.70. The fourth-order valence-corrected chi connectivity index (χ4v) is 4.99. The highest BCUT2D eigenvalue weighted by Gasteiger charge is 2.64. The molecule has 2 aliphatic carbocycles. The van der Waals surface area contributed by atoms with Crippen molar-refractivity contribution in [3.63, 3.8) is 0 Å². The molecule has 0 heterocycles. The molecule has 0 amide bonds. The number of hydrogen-bond donors (Lipinski definition) is 2. The van der Waals surface area contributed by atoms with Crippen molar-refractivity contribution in [1.29, 1.82) is 0 Å². The van der Waals surface area contributed by atoms with Gasteiger partial charge in [0, 0.05) is 5.41 Å². The molecule has 2 saturated carbocycles. The number of rotatable bonds is 2. The van der Waals surface area contributed by atoms with Crippen molar-refractivity contribution in [2.24, 2.45) is 27.0 Å². The largest absolute Gasteiger partial charge is 0.411 e. The minimum Gasteiger partial charge on any atom is -0.411 e. The van der Waals surface area contributed by atoms with Crippen LogP contribution in [0, 0.1) is 16.7 Å². The highest BCUT2D eigenvalue weighted by Crippen LogP contribution is 2.64. The third-order valence-corrected chi connectivity index (χ3v) is 5.63. The van der Waals surface area contributed by atoms with Gasteiger partial charge < -0.3 is 5.21 Å². The highest BCUT2D eigenvalue weighted by atomic mass is 32.2. The molecule has 0 aromatic carbocycles. The van der Waals surface area contributed by atoms with Crippen LogP contribution in [0.15, 0.2) is 5.16 Å². The van der Waals surface area contributed by atoms with Crippen LogP contribution in [0.4, 0.5) is 0 Å². The van der Waals surface area contributed by atoms with Crippen molar-refractivity contribution < 1.29 is 13.6 Å². The van der Waals surface area contributed by atoms with Crippen molar-refractivity contribution in [1.82, 2.24) is 0 Å². The molecule has 2 aliphatic rings. The van der Waals surface area contributed by atoms with E-state index in [9.17, 15) is 8.42 Å². The first kappa shape index (κ1) is 11.9. The van der Waals surface area contributed by atoms with E-state index in [1.54, 1.807) is 0 Å². The van der Waals surface area contributed by atoms with Crippen molar-refractivity contribution >= 4 is 15.7 Å². The molecule has 2 rings (SSSR count). The summed E-state index contributed by atoms with van der Waals surface area (Å²) < 4.78 is 22.7. The second-order valence-corrected chi connectivity index (χ2v) is 7.21. The SMILES string of the molecule is CC1(C)C2CC[C@@]1(CS(N)(=O)=O)/C(=N/O)C2. The van der Waals surface area contributed by atoms with Gasteiger partial charge in [0.25, 0.3) is 0 Å². The first-order valence-corrected chi connectivity index (χ1v) is 7.16. The summed E-state index contributed by atoms with van der Waals surface area (Å²) in [6.45, 7) is 4.10. The third-order valence-electron chi connectivity index (χ3n) is 4.73. The van der Waals surface area contributed by atoms with Crippen LogP contribution in [0.2, 0.25) is 0 Å². The van der Waals surface area contributed by atoms with Crippen molar-refractivity contribution in [2.75, 3.05) is 5.75 Å². The van der Waals surface area contributed by atoms with E-state index in [1.165, 1.54) is 0 Å². The van der Waals surface area contributed by atoms with Gasteiger partial charge in [-0.15, -0.1) is 0 Å². The van der Waals surface area contributed by atoms with Crippen LogP contribution < -0.4 is 5.14 Å². The van der Waals surface area contributed by atoms with Gasteiger partial charge in [-0.3, -0.25) is 0 Å². The Morgan fingerprint density at radius 1 is 1.56 bits per heavy atom. The Hall–Kier alpha value is -0.620. The van der Waals surface area contributed by atoms with Crippen LogP contribution in [-0.4, -0.2) is 25.1 Å². The van der Waals surface area contributed by atoms with E-state index < -0.39 is 15.4 Å². The number of hydrogen-bond acceptors (Lipinski definition) is 4. The molecule has 0 aromatic heterocycles. The fourth-order valence-electron chi connectivity index (χ4n) is 3.62. The van der Waals surface area contributed by atoms with Gasteiger partial charge in [0.1, 0.15) is 0 Å². The molecule has 92 valence electrons. The lowest BCUT2D eigenvalue weighted by Gasteiger charge is -2.36. The van der Waals surface area contributed by atoms with Gasteiger partial charge in [-0.25, -0.2) is 13.6 Å². The van der Waals surface area contributed by atoms with Gasteiger partial charge in [0.2, 0.25) is 10.0 Å². The molecule has 3 N–H and O–H groups in total. The monoisotopic (exact) mass is 246 g/mol. The van der Waals surface area contributed by atoms with Gasteiger partial charge in [0.15, 0.2) is 0 Å². The lowest BCUT2D eigenvalue weighted by Crippen LogP contribution is -2.44. The van der Waals surface area contributed by atoms with E-state index in [4.69, 9.17) is 10.3 Å². The molecule has 6 heteroatoms. The maximum absolute atomic E-state index is 11.4. The van der Waals surface area contributed by atoms with Crippen molar-refractivity contribution in [2.45, 2.75) is 33.1 Å². The number of primary sulfonamides is 1. The standard InChI is InChI=1S/C10H18N2O3S/c1-9(2)7-3-4-10(9,6-16(11,14)15)8(5-7)12-13/h7,13H,3-6H2,1-2H3,(H2,11,14,15)/b12-8+/t7?,10-/m1/s1. The van der Waals surface area contributed by atoms with Crippen LogP contribution in [0.5, 0.6) is 0 Å². The Morgan fingerprint density at radius 2 is 2.19 bits per heavy atom. The minimum absolute atomic E-state index is 0.108. The summed E-state index contributed by atoms with van der Waals surface area (Å²) in [7, 11) is -3.56. The zero-order chi connectivity index (χ0) is 12.2. The van der Waals surface area contributed by atoms with Crippen LogP contribution in [-0.2, 0) is 10.0 Å². The Morgan fingerprint density at radius 3 is 2.62 bits per heavy atom. The minimum atomic E-state index is -3.56. The molecule has 1 unspecified atom stereocenters. The zero-order valence-corrected chi connectivity index (χ0v) is 10.4. The second kappa shape index (κ2) is 3.20. The molecule has 5 nitrogen and oxygen atoms in total. The van der Waals surface area contributed by atoms with Crippen molar-refractivity contribution in [3.8, 4) is 0 Å². The van der Waals surface area contributed by atoms with Gasteiger partial charge in [0.05, 0.1) is 11.5 Å². The topological polar surface area (TPSA) is 92.8 Å². The summed E-state index contributed by atoms with van der Waals surface area (Å²) in [5.74, 6) is 0.295. The van der Waals surface area contributed by atoms with Crippen LogP contribution in [0.1, 0.15) is 33.1 Å². The van der Waals surface area contributed by atoms with Gasteiger partial charge >= 0.3 is 0 Å². The quantitative estimate of drug-likeness (QED) is 0.560. The molecule has 0 aliphatic heterocycles. The molecule has 0 saturated heterocycles. The molecule has 0 spiro atoms. The van der Waals surface area contributed by atoms with E-state index in [0.29, 0.717) is 18.1 Å². The number of fused-ring (bicyclic) bond motifs is 2. The predicted octanol–water partition coefficient (Wildman–Crippen LogP) is 0.931. The lowest BCUT2D eigenvalue weighted by molar-refractivity contribution is 0.192. The van der Waals surface area contributed by atoms with E-state index in [1.807, 2.05) is 13.8 Å². The van der Waals surface area contributed by atoms with E-state index in [-0.39, 0.29) is 11.2 Å². The molecular weight excluding hydrogens is 228 g/mol. The fraction of sp³-hybridized carbons (Fsp3) is 0.900. The summed E-state index contributed by atoms with van der Waals surface area (Å²) in [6.07, 6.45) is 2.43. The maximum Gasteiger partial charge on any atom is 0.210 e. The number of sulfonamides is 1. The number of nitrogens with zero attached hydrogens (tertiary/aromatic N) is 1. The Kier molecular flexibility index (Phi) is 2.37. The first-order chi connectivity index (χ1) is 7.23. The molecular formula is C10H18N2O3S. The smallest absolute Gasteiger partial charge is 0.210 e. The number of oxime groups is 1. The average molecular weight is 246 g/mol. The molecule has 2 fully saturated rings. The normalized spacial score (nSPS) is 39.4. The van der Waals surface area contributed by atoms with Crippen LogP contribution in [0.25, 0.3) is 0 Å². The van der Waals surface area contributed by atoms with E-state index >= 15 is 0 Å². The molecule has 16 heavy (non-hydrogen) atoms. The number of nitrogens with two attached hydrogens (primary N) is 1. The van der Waals surface area contributed by atoms with Gasteiger partial charge in [-0.2, -0.15) is 0 Å². The third kappa shape index (κ3) is 1.39. The summed E-state index contributed by atoms with van der Waals surface area (Å²) in [5, 5.41) is 17.5. The molecule has 2 atom stereocenters. The maximum atomic E-state index is 11.4. The Balaban J connectivity index is 2.49. The summed E-state index contributed by atoms with van der Waals surface area (Å²) in [4.78, 5) is 0. The summed E-state index contributed by atoms with van der Waals surface area (Å²) in [6, 6.07) is 0. The average Bonchev–Trinajstić information content (AvgIpc) is 2.47. The van der Waals surface area contributed by atoms with Crippen LogP contribution >= 0.6 is 0 Å². The molecule has 0 aromatic rings. The molecule has 2 bridgehead atoms. The van der Waals surface area contributed by atoms with E-state index in [0.717, 1.165) is 12.8 Å². The first-order valence-electron chi connectivity index (χ1n) is 5.45.